The van der Waals surface area contributed by atoms with Gasteiger partial charge in [-0.15, -0.1) is 0 Å². The number of hydrogen-bond acceptors (Lipinski definition) is 5. The van der Waals surface area contributed by atoms with Crippen molar-refractivity contribution in [1.29, 1.82) is 0 Å². The van der Waals surface area contributed by atoms with Crippen molar-refractivity contribution in [1.82, 2.24) is 4.90 Å². The average Bonchev–Trinajstić information content (AvgIpc) is 2.99. The minimum atomic E-state index is -0.389. The molecule has 0 aliphatic rings. The second-order valence-corrected chi connectivity index (χ2v) is 6.51. The van der Waals surface area contributed by atoms with Crippen LogP contribution in [0.5, 0.6) is 5.75 Å². The molecule has 0 saturated carbocycles. The molecule has 3 rings (SSSR count). The van der Waals surface area contributed by atoms with Crippen molar-refractivity contribution < 1.29 is 9.52 Å². The van der Waals surface area contributed by atoms with Crippen molar-refractivity contribution in [3.8, 4) is 5.75 Å². The summed E-state index contributed by atoms with van der Waals surface area (Å²) in [5, 5.41) is 15.0. The number of rotatable bonds is 5. The fraction of sp³-hybridized carbons (Fsp3) is 0.278. The van der Waals surface area contributed by atoms with Gasteiger partial charge in [0.2, 0.25) is 0 Å². The van der Waals surface area contributed by atoms with Crippen LogP contribution in [-0.2, 0) is 19.5 Å². The van der Waals surface area contributed by atoms with Gasteiger partial charge in [0.15, 0.2) is 0 Å². The zero-order valence-corrected chi connectivity index (χ0v) is 14.0. The van der Waals surface area contributed by atoms with Crippen molar-refractivity contribution in [2.24, 2.45) is 0 Å². The van der Waals surface area contributed by atoms with E-state index in [1.54, 1.807) is 17.4 Å². The van der Waals surface area contributed by atoms with Gasteiger partial charge >= 0.3 is 5.63 Å². The van der Waals surface area contributed by atoms with Crippen LogP contribution in [0.25, 0.3) is 11.0 Å². The monoisotopic (exact) mass is 329 g/mol. The lowest BCUT2D eigenvalue weighted by Crippen LogP contribution is -2.18. The Kier molecular flexibility index (Phi) is 4.50. The van der Waals surface area contributed by atoms with Crippen LogP contribution in [0.2, 0.25) is 0 Å². The minimum Gasteiger partial charge on any atom is -0.508 e. The van der Waals surface area contributed by atoms with Gasteiger partial charge in [-0.2, -0.15) is 11.3 Å². The highest BCUT2D eigenvalue weighted by atomic mass is 32.1. The summed E-state index contributed by atoms with van der Waals surface area (Å²) < 4.78 is 5.24. The van der Waals surface area contributed by atoms with Crippen LogP contribution in [0.1, 0.15) is 23.6 Å². The maximum absolute atomic E-state index is 11.8. The first-order valence-corrected chi connectivity index (χ1v) is 8.49. The summed E-state index contributed by atoms with van der Waals surface area (Å²) in [5.74, 6) is 0.173. The molecular weight excluding hydrogens is 310 g/mol. The number of hydrogen-bond donors (Lipinski definition) is 1. The van der Waals surface area contributed by atoms with E-state index in [0.717, 1.165) is 29.5 Å². The van der Waals surface area contributed by atoms with Gasteiger partial charge in [-0.3, -0.25) is 4.90 Å². The highest BCUT2D eigenvalue weighted by Crippen LogP contribution is 2.27. The molecule has 4 nitrogen and oxygen atoms in total. The number of thiophene rings is 1. The topological polar surface area (TPSA) is 53.7 Å². The summed E-state index contributed by atoms with van der Waals surface area (Å²) in [6, 6.07) is 7.11. The molecule has 0 aliphatic carbocycles. The van der Waals surface area contributed by atoms with Gasteiger partial charge in [-0.25, -0.2) is 4.79 Å². The van der Waals surface area contributed by atoms with Gasteiger partial charge in [0.1, 0.15) is 11.3 Å². The zero-order chi connectivity index (χ0) is 16.4. The fourth-order valence-electron chi connectivity index (χ4n) is 2.76. The van der Waals surface area contributed by atoms with Gasteiger partial charge in [0.05, 0.1) is 0 Å². The minimum absolute atomic E-state index is 0.173. The lowest BCUT2D eigenvalue weighted by molar-refractivity contribution is 0.320. The van der Waals surface area contributed by atoms with E-state index < -0.39 is 0 Å². The first-order valence-electron chi connectivity index (χ1n) is 7.55. The third kappa shape index (κ3) is 3.46. The Morgan fingerprint density at radius 1 is 1.22 bits per heavy atom. The van der Waals surface area contributed by atoms with Crippen LogP contribution < -0.4 is 5.63 Å². The van der Waals surface area contributed by atoms with E-state index in [0.29, 0.717) is 12.1 Å². The maximum atomic E-state index is 11.8. The van der Waals surface area contributed by atoms with Gasteiger partial charge in [0.25, 0.3) is 0 Å². The highest BCUT2D eigenvalue weighted by Gasteiger charge is 2.12. The number of phenols is 1. The normalized spacial score (nSPS) is 11.4. The predicted molar refractivity (Wildman–Crippen MR) is 93.0 cm³/mol. The van der Waals surface area contributed by atoms with E-state index in [2.05, 4.69) is 21.7 Å². The smallest absolute Gasteiger partial charge is 0.336 e. The number of benzene rings is 1. The van der Waals surface area contributed by atoms with Crippen molar-refractivity contribution in [2.45, 2.75) is 26.4 Å². The van der Waals surface area contributed by atoms with E-state index >= 15 is 0 Å². The number of nitrogens with zero attached hydrogens (tertiary/aromatic N) is 1. The molecule has 1 aromatic carbocycles. The summed E-state index contributed by atoms with van der Waals surface area (Å²) in [6.45, 7) is 3.46. The predicted octanol–water partition coefficient (Wildman–Crippen LogP) is 3.75. The first kappa shape index (κ1) is 15.8. The van der Waals surface area contributed by atoms with Gasteiger partial charge < -0.3 is 9.52 Å². The zero-order valence-electron chi connectivity index (χ0n) is 13.2. The number of aryl methyl sites for hydroxylation is 1. The molecule has 0 unspecified atom stereocenters. The molecule has 23 heavy (non-hydrogen) atoms. The van der Waals surface area contributed by atoms with E-state index in [4.69, 9.17) is 4.42 Å². The Labute approximate surface area is 138 Å². The van der Waals surface area contributed by atoms with Crippen LogP contribution in [0.15, 0.2) is 44.2 Å². The van der Waals surface area contributed by atoms with Crippen LogP contribution in [0.4, 0.5) is 0 Å². The Balaban J connectivity index is 1.97. The molecule has 0 amide bonds. The second-order valence-electron chi connectivity index (χ2n) is 5.73. The Morgan fingerprint density at radius 2 is 2.04 bits per heavy atom. The van der Waals surface area contributed by atoms with Gasteiger partial charge in [-0.05, 0) is 53.1 Å². The number of fused-ring (bicyclic) bond motifs is 1. The Bertz CT molecular complexity index is 868. The molecule has 0 bridgehead atoms. The van der Waals surface area contributed by atoms with E-state index in [9.17, 15) is 9.90 Å². The lowest BCUT2D eigenvalue weighted by Gasteiger charge is -2.17. The Hall–Kier alpha value is -2.11. The van der Waals surface area contributed by atoms with Crippen LogP contribution >= 0.6 is 11.3 Å². The standard InChI is InChI=1S/C18H19NO3S/c1-3-13-6-15-14(7-18(21)22-17(15)8-16(13)20)10-19(2)9-12-4-5-23-11-12/h4-8,11,20H,3,9-10H2,1-2H3. The number of aromatic hydroxyl groups is 1. The highest BCUT2D eigenvalue weighted by molar-refractivity contribution is 7.07. The summed E-state index contributed by atoms with van der Waals surface area (Å²) in [5.41, 5.74) is 3.08. The molecule has 3 aromatic rings. The van der Waals surface area contributed by atoms with Gasteiger partial charge in [-0.1, -0.05) is 6.92 Å². The SMILES string of the molecule is CCc1cc2c(CN(C)Cc3ccsc3)cc(=O)oc2cc1O. The molecule has 0 fully saturated rings. The third-order valence-corrected chi connectivity index (χ3v) is 4.62. The molecule has 120 valence electrons. The molecule has 2 heterocycles. The molecule has 0 spiro atoms. The molecule has 1 N–H and O–H groups in total. The van der Waals surface area contributed by atoms with E-state index in [-0.39, 0.29) is 11.4 Å². The summed E-state index contributed by atoms with van der Waals surface area (Å²) in [6.07, 6.45) is 0.727. The molecule has 0 saturated heterocycles. The van der Waals surface area contributed by atoms with E-state index in [1.165, 1.54) is 11.6 Å². The van der Waals surface area contributed by atoms with Crippen LogP contribution in [0.3, 0.4) is 0 Å². The largest absolute Gasteiger partial charge is 0.508 e. The van der Waals surface area contributed by atoms with E-state index in [1.807, 2.05) is 20.0 Å². The lowest BCUT2D eigenvalue weighted by atomic mass is 10.0. The van der Waals surface area contributed by atoms with Crippen LogP contribution in [0, 0.1) is 0 Å². The maximum Gasteiger partial charge on any atom is 0.336 e. The fourth-order valence-corrected chi connectivity index (χ4v) is 3.42. The van der Waals surface area contributed by atoms with Crippen molar-refractivity contribution in [2.75, 3.05) is 7.05 Å². The van der Waals surface area contributed by atoms with Gasteiger partial charge in [0, 0.05) is 30.6 Å². The molecule has 5 heteroatoms. The number of phenolic OH excluding ortho intramolecular Hbond substituents is 1. The second kappa shape index (κ2) is 6.56. The molecule has 2 aromatic heterocycles. The summed E-state index contributed by atoms with van der Waals surface area (Å²) in [7, 11) is 2.03. The van der Waals surface area contributed by atoms with Crippen molar-refractivity contribution in [3.05, 3.63) is 62.1 Å². The molecule has 0 atom stereocenters. The van der Waals surface area contributed by atoms with Crippen LogP contribution in [-0.4, -0.2) is 17.1 Å². The third-order valence-electron chi connectivity index (χ3n) is 3.88. The summed E-state index contributed by atoms with van der Waals surface area (Å²) >= 11 is 1.68. The first-order chi connectivity index (χ1) is 11.1. The molecular formula is C18H19NO3S. The summed E-state index contributed by atoms with van der Waals surface area (Å²) in [4.78, 5) is 14.0. The quantitative estimate of drug-likeness (QED) is 0.724. The molecule has 0 radical (unpaired) electrons. The van der Waals surface area contributed by atoms with Crippen molar-refractivity contribution >= 4 is 22.3 Å². The average molecular weight is 329 g/mol. The molecule has 0 aliphatic heterocycles. The Morgan fingerprint density at radius 3 is 2.74 bits per heavy atom. The van der Waals surface area contributed by atoms with Crippen molar-refractivity contribution in [3.63, 3.8) is 0 Å².